The number of carbonyl (C=O) groups excluding carboxylic acids is 5. The van der Waals surface area contributed by atoms with E-state index >= 15 is 0 Å². The summed E-state index contributed by atoms with van der Waals surface area (Å²) in [5.41, 5.74) is -0.119. The Morgan fingerprint density at radius 1 is 0.912 bits per heavy atom. The maximum atomic E-state index is 13.5. The number of benzene rings is 2. The Labute approximate surface area is 325 Å². The molecule has 5 amide bonds. The maximum Gasteiger partial charge on any atom is 0.417 e. The van der Waals surface area contributed by atoms with Crippen molar-refractivity contribution in [2.24, 2.45) is 0 Å². The van der Waals surface area contributed by atoms with Gasteiger partial charge in [0.15, 0.2) is 0 Å². The molecule has 57 heavy (non-hydrogen) atoms. The van der Waals surface area contributed by atoms with Gasteiger partial charge in [0.25, 0.3) is 17.7 Å². The summed E-state index contributed by atoms with van der Waals surface area (Å²) in [4.78, 5) is 72.1. The molecule has 2 N–H and O–H groups in total. The number of alkyl halides is 3. The van der Waals surface area contributed by atoms with Gasteiger partial charge in [-0.3, -0.25) is 48.7 Å². The van der Waals surface area contributed by atoms with Crippen molar-refractivity contribution in [2.45, 2.75) is 80.7 Å². The number of piperidine rings is 2. The van der Waals surface area contributed by atoms with Crippen molar-refractivity contribution in [3.05, 3.63) is 76.6 Å². The molecule has 2 aromatic carbocycles. The zero-order valence-corrected chi connectivity index (χ0v) is 30.9. The van der Waals surface area contributed by atoms with Gasteiger partial charge in [0.05, 0.1) is 34.5 Å². The number of aromatic nitrogens is 2. The van der Waals surface area contributed by atoms with Gasteiger partial charge in [0, 0.05) is 62.3 Å². The maximum absolute atomic E-state index is 13.5. The highest BCUT2D eigenvalue weighted by Gasteiger charge is 2.49. The average molecular weight is 784 g/mol. The molecule has 4 saturated heterocycles. The van der Waals surface area contributed by atoms with E-state index in [1.807, 2.05) is 18.5 Å². The first-order chi connectivity index (χ1) is 27.3. The lowest BCUT2D eigenvalue weighted by Gasteiger charge is -2.55. The zero-order valence-electron chi connectivity index (χ0n) is 30.9. The quantitative estimate of drug-likeness (QED) is 0.324. The van der Waals surface area contributed by atoms with Crippen molar-refractivity contribution in [3.8, 4) is 6.07 Å². The number of anilines is 2. The first kappa shape index (κ1) is 37.0. The van der Waals surface area contributed by atoms with Crippen LogP contribution in [0.5, 0.6) is 0 Å². The van der Waals surface area contributed by atoms with Crippen molar-refractivity contribution < 1.29 is 37.1 Å². The minimum absolute atomic E-state index is 0.0151. The second-order valence-corrected chi connectivity index (χ2v) is 16.1. The van der Waals surface area contributed by atoms with Crippen molar-refractivity contribution >= 4 is 40.9 Å². The summed E-state index contributed by atoms with van der Waals surface area (Å²) in [6.07, 6.45) is 2.95. The fourth-order valence-corrected chi connectivity index (χ4v) is 9.22. The SMILES string of the molecule is N#Cc1ccc(NC(=O)C2(n3cc(C4CCN(C5CN(C6CN(c7ccc8c(c7)C(=O)N(C7CCC(=O)NC7=O)C8=O)C6)C5)CC4)cn3)CCC2)cc1C(F)(F)F. The summed E-state index contributed by atoms with van der Waals surface area (Å²) >= 11 is 0. The molecule has 6 heterocycles. The summed E-state index contributed by atoms with van der Waals surface area (Å²) in [5.74, 6) is -2.19. The topological polar surface area (TPSA) is 164 Å². The van der Waals surface area contributed by atoms with E-state index in [0.717, 1.165) is 86.8 Å². The number of imide groups is 2. The van der Waals surface area contributed by atoms with Gasteiger partial charge in [-0.1, -0.05) is 0 Å². The van der Waals surface area contributed by atoms with Crippen molar-refractivity contribution in [3.63, 3.8) is 0 Å². The molecule has 0 spiro atoms. The summed E-state index contributed by atoms with van der Waals surface area (Å²) < 4.78 is 42.3. The number of likely N-dealkylation sites (tertiary alicyclic amines) is 2. The number of nitrogens with one attached hydrogen (secondary N) is 2. The molecule has 296 valence electrons. The fraction of sp³-hybridized carbons (Fsp3) is 0.475. The minimum Gasteiger partial charge on any atom is -0.368 e. The molecule has 1 unspecified atom stereocenters. The molecule has 14 nitrogen and oxygen atoms in total. The number of nitriles is 1. The van der Waals surface area contributed by atoms with Gasteiger partial charge in [-0.25, -0.2) is 0 Å². The zero-order chi connectivity index (χ0) is 39.8. The van der Waals surface area contributed by atoms with Crippen LogP contribution in [-0.4, -0.2) is 111 Å². The van der Waals surface area contributed by atoms with Crippen LogP contribution < -0.4 is 15.5 Å². The molecule has 1 aromatic heterocycles. The lowest BCUT2D eigenvalue weighted by Crippen LogP contribution is -2.70. The standard InChI is InChI=1S/C40H40F3N9O5/c41-40(42,43)32-14-26(3-2-24(32)16-44)46-38(57)39(10-1-11-39)51-18-25(17-45-51)23-8-12-48(13-9-23)28-19-50(20-28)29-21-49(22-29)27-4-5-30-31(15-27)37(56)52(36(30)55)33-6-7-34(53)47-35(33)54/h2-5,14-15,17-18,23,28-29,33H,1,6-13,19-22H2,(H,46,57)(H,47,53,54). The van der Waals surface area contributed by atoms with E-state index < -0.39 is 58.4 Å². The summed E-state index contributed by atoms with van der Waals surface area (Å²) in [6.45, 7) is 5.43. The van der Waals surface area contributed by atoms with Crippen LogP contribution in [0.1, 0.15) is 88.3 Å². The second kappa shape index (κ2) is 13.8. The van der Waals surface area contributed by atoms with Crippen LogP contribution in [0.4, 0.5) is 24.5 Å². The smallest absolute Gasteiger partial charge is 0.368 e. The van der Waals surface area contributed by atoms with E-state index in [2.05, 4.69) is 30.4 Å². The largest absolute Gasteiger partial charge is 0.417 e. The Balaban J connectivity index is 0.750. The van der Waals surface area contributed by atoms with Crippen LogP contribution >= 0.6 is 0 Å². The van der Waals surface area contributed by atoms with Gasteiger partial charge >= 0.3 is 6.18 Å². The van der Waals surface area contributed by atoms with Crippen LogP contribution in [0.2, 0.25) is 0 Å². The first-order valence-corrected chi connectivity index (χ1v) is 19.4. The van der Waals surface area contributed by atoms with Crippen LogP contribution in [0.15, 0.2) is 48.8 Å². The Morgan fingerprint density at radius 3 is 2.30 bits per heavy atom. The van der Waals surface area contributed by atoms with Gasteiger partial charge < -0.3 is 10.2 Å². The molecule has 1 atom stereocenters. The van der Waals surface area contributed by atoms with Crippen LogP contribution in [0, 0.1) is 11.3 Å². The minimum atomic E-state index is -4.73. The Hall–Kier alpha value is -5.60. The summed E-state index contributed by atoms with van der Waals surface area (Å²) in [7, 11) is 0. The second-order valence-electron chi connectivity index (χ2n) is 16.1. The highest BCUT2D eigenvalue weighted by atomic mass is 19.4. The van der Waals surface area contributed by atoms with Crippen LogP contribution in [0.3, 0.4) is 0 Å². The number of amides is 5. The van der Waals surface area contributed by atoms with E-state index in [1.54, 1.807) is 22.9 Å². The molecule has 1 saturated carbocycles. The molecule has 1 aliphatic carbocycles. The van der Waals surface area contributed by atoms with Crippen LogP contribution in [-0.2, 0) is 26.1 Å². The predicted octanol–water partition coefficient (Wildman–Crippen LogP) is 3.45. The highest BCUT2D eigenvalue weighted by Crippen LogP contribution is 2.42. The Morgan fingerprint density at radius 2 is 1.63 bits per heavy atom. The summed E-state index contributed by atoms with van der Waals surface area (Å²) in [5, 5.41) is 18.6. The van der Waals surface area contributed by atoms with Gasteiger partial charge in [0.1, 0.15) is 11.6 Å². The number of halogens is 3. The third kappa shape index (κ3) is 6.35. The normalized spacial score (nSPS) is 23.4. The fourth-order valence-electron chi connectivity index (χ4n) is 9.22. The molecule has 0 radical (unpaired) electrons. The molecule has 9 rings (SSSR count). The number of nitrogens with zero attached hydrogens (tertiary/aromatic N) is 7. The molecule has 3 aromatic rings. The molecular weight excluding hydrogens is 743 g/mol. The van der Waals surface area contributed by atoms with Gasteiger partial charge in [-0.15, -0.1) is 0 Å². The Kier molecular flexibility index (Phi) is 8.96. The van der Waals surface area contributed by atoms with E-state index in [4.69, 9.17) is 5.26 Å². The molecular formula is C40H40F3N9O5. The molecule has 6 aliphatic rings. The van der Waals surface area contributed by atoms with Crippen molar-refractivity contribution in [1.82, 2.24) is 29.8 Å². The predicted molar refractivity (Wildman–Crippen MR) is 197 cm³/mol. The van der Waals surface area contributed by atoms with Crippen molar-refractivity contribution in [1.29, 1.82) is 5.26 Å². The first-order valence-electron chi connectivity index (χ1n) is 19.4. The van der Waals surface area contributed by atoms with E-state index in [-0.39, 0.29) is 35.6 Å². The lowest BCUT2D eigenvalue weighted by atomic mass is 9.76. The lowest BCUT2D eigenvalue weighted by molar-refractivity contribution is -0.138. The third-order valence-electron chi connectivity index (χ3n) is 12.9. The average Bonchev–Trinajstić information content (AvgIpc) is 3.71. The molecule has 0 bridgehead atoms. The molecule has 17 heteroatoms. The number of hydrogen-bond acceptors (Lipinski definition) is 10. The molecule has 5 fully saturated rings. The van der Waals surface area contributed by atoms with Crippen LogP contribution in [0.25, 0.3) is 0 Å². The van der Waals surface area contributed by atoms with E-state index in [1.165, 1.54) is 6.07 Å². The van der Waals surface area contributed by atoms with Crippen molar-refractivity contribution in [2.75, 3.05) is 49.5 Å². The number of rotatable bonds is 8. The summed E-state index contributed by atoms with van der Waals surface area (Å²) in [6, 6.07) is 9.84. The van der Waals surface area contributed by atoms with E-state index in [0.29, 0.717) is 24.9 Å². The Bertz CT molecular complexity index is 2230. The third-order valence-corrected chi connectivity index (χ3v) is 12.9. The number of hydrogen-bond donors (Lipinski definition) is 2. The van der Waals surface area contributed by atoms with E-state index in [9.17, 15) is 37.1 Å². The monoisotopic (exact) mass is 783 g/mol. The molecule has 5 aliphatic heterocycles. The number of carbonyl (C=O) groups is 5. The van der Waals surface area contributed by atoms with Gasteiger partial charge in [0.2, 0.25) is 11.8 Å². The number of fused-ring (bicyclic) bond motifs is 1. The highest BCUT2D eigenvalue weighted by molar-refractivity contribution is 6.23. The van der Waals surface area contributed by atoms with Gasteiger partial charge in [-0.05, 0) is 99.5 Å². The van der Waals surface area contributed by atoms with Gasteiger partial charge in [-0.2, -0.15) is 23.5 Å².